The lowest BCUT2D eigenvalue weighted by Crippen LogP contribution is -2.21. The van der Waals surface area contributed by atoms with E-state index in [4.69, 9.17) is 5.11 Å². The summed E-state index contributed by atoms with van der Waals surface area (Å²) in [6, 6.07) is 7.26. The lowest BCUT2D eigenvalue weighted by atomic mass is 10.1. The van der Waals surface area contributed by atoms with Crippen molar-refractivity contribution < 1.29 is 10.2 Å². The van der Waals surface area contributed by atoms with Crippen molar-refractivity contribution >= 4 is 21.9 Å². The van der Waals surface area contributed by atoms with E-state index >= 15 is 0 Å². The molecule has 0 bridgehead atoms. The van der Waals surface area contributed by atoms with Gasteiger partial charge in [0.25, 0.3) is 0 Å². The minimum Gasteiger partial charge on any atom is -0.394 e. The van der Waals surface area contributed by atoms with Crippen LogP contribution >= 0.6 is 0 Å². The number of rotatable bonds is 3. The third kappa shape index (κ3) is 1.90. The Morgan fingerprint density at radius 1 is 1.40 bits per heavy atom. The van der Waals surface area contributed by atoms with Gasteiger partial charge in [0.05, 0.1) is 35.9 Å². The fourth-order valence-corrected chi connectivity index (χ4v) is 2.42. The van der Waals surface area contributed by atoms with Crippen molar-refractivity contribution in [1.29, 1.82) is 0 Å². The number of para-hydroxylation sites is 1. The highest BCUT2D eigenvalue weighted by Crippen LogP contribution is 2.17. The van der Waals surface area contributed by atoms with Crippen LogP contribution in [0.2, 0.25) is 0 Å². The fourth-order valence-electron chi connectivity index (χ4n) is 2.42. The van der Waals surface area contributed by atoms with E-state index < -0.39 is 6.10 Å². The lowest BCUT2D eigenvalue weighted by Gasteiger charge is -2.08. The number of aliphatic hydroxyl groups is 2. The van der Waals surface area contributed by atoms with E-state index in [1.54, 1.807) is 13.0 Å². The third-order valence-corrected chi connectivity index (χ3v) is 3.37. The number of aliphatic hydroxyl groups excluding tert-OH is 2. The molecule has 2 heterocycles. The first-order valence-corrected chi connectivity index (χ1v) is 6.39. The Labute approximate surface area is 114 Å². The number of benzene rings is 1. The van der Waals surface area contributed by atoms with Gasteiger partial charge in [0.2, 0.25) is 5.43 Å². The van der Waals surface area contributed by atoms with Crippen molar-refractivity contribution in [3.63, 3.8) is 0 Å². The molecule has 1 atom stereocenters. The molecule has 0 saturated heterocycles. The minimum absolute atomic E-state index is 0.0726. The fraction of sp³-hybridized carbons (Fsp3) is 0.286. The Kier molecular flexibility index (Phi) is 3.04. The molecule has 0 aliphatic carbocycles. The molecule has 6 nitrogen and oxygen atoms in total. The molecule has 6 heteroatoms. The molecule has 0 aliphatic rings. The number of pyridine rings is 1. The van der Waals surface area contributed by atoms with Gasteiger partial charge < -0.3 is 15.2 Å². The van der Waals surface area contributed by atoms with Crippen LogP contribution in [-0.2, 0) is 6.54 Å². The minimum atomic E-state index is -0.910. The molecule has 3 N–H and O–H groups in total. The highest BCUT2D eigenvalue weighted by molar-refractivity contribution is 5.92. The van der Waals surface area contributed by atoms with E-state index in [1.807, 2.05) is 18.2 Å². The van der Waals surface area contributed by atoms with Crippen LogP contribution in [0.5, 0.6) is 0 Å². The molecule has 0 amide bonds. The molecule has 20 heavy (non-hydrogen) atoms. The van der Waals surface area contributed by atoms with Gasteiger partial charge in [-0.2, -0.15) is 5.10 Å². The van der Waals surface area contributed by atoms with Crippen molar-refractivity contribution in [2.45, 2.75) is 19.6 Å². The molecule has 3 aromatic rings. The summed E-state index contributed by atoms with van der Waals surface area (Å²) in [5.74, 6) is 0. The van der Waals surface area contributed by atoms with Gasteiger partial charge in [0.1, 0.15) is 5.65 Å². The summed E-state index contributed by atoms with van der Waals surface area (Å²) in [6.45, 7) is 1.54. The van der Waals surface area contributed by atoms with E-state index in [-0.39, 0.29) is 18.6 Å². The molecule has 3 rings (SSSR count). The molecule has 0 unspecified atom stereocenters. The van der Waals surface area contributed by atoms with E-state index in [0.717, 1.165) is 5.52 Å². The second-order valence-corrected chi connectivity index (χ2v) is 4.83. The molecule has 2 aromatic heterocycles. The van der Waals surface area contributed by atoms with E-state index in [9.17, 15) is 9.90 Å². The molecule has 0 radical (unpaired) electrons. The molecule has 104 valence electrons. The van der Waals surface area contributed by atoms with Crippen LogP contribution in [0.1, 0.15) is 5.69 Å². The van der Waals surface area contributed by atoms with Crippen LogP contribution in [0, 0.1) is 6.92 Å². The number of hydrogen-bond donors (Lipinski definition) is 3. The summed E-state index contributed by atoms with van der Waals surface area (Å²) in [5, 5.41) is 23.9. The first-order chi connectivity index (χ1) is 9.61. The number of nitrogens with one attached hydrogen (secondary N) is 1. The smallest absolute Gasteiger partial charge is 0.200 e. The quantitative estimate of drug-likeness (QED) is 0.649. The molecular formula is C14H15N3O3. The highest BCUT2D eigenvalue weighted by atomic mass is 16.3. The van der Waals surface area contributed by atoms with Gasteiger partial charge in [-0.15, -0.1) is 0 Å². The maximum atomic E-state index is 12.5. The number of aromatic nitrogens is 3. The van der Waals surface area contributed by atoms with Gasteiger partial charge in [-0.25, -0.2) is 4.68 Å². The summed E-state index contributed by atoms with van der Waals surface area (Å²) in [6.07, 6.45) is -0.910. The second kappa shape index (κ2) is 4.73. The van der Waals surface area contributed by atoms with Crippen LogP contribution in [0.3, 0.4) is 0 Å². The highest BCUT2D eigenvalue weighted by Gasteiger charge is 2.15. The Morgan fingerprint density at radius 2 is 2.15 bits per heavy atom. The number of aryl methyl sites for hydroxylation is 1. The molecular weight excluding hydrogens is 258 g/mol. The van der Waals surface area contributed by atoms with E-state index in [0.29, 0.717) is 22.1 Å². The van der Waals surface area contributed by atoms with Crippen LogP contribution in [0.4, 0.5) is 0 Å². The second-order valence-electron chi connectivity index (χ2n) is 4.83. The van der Waals surface area contributed by atoms with Gasteiger partial charge in [-0.3, -0.25) is 4.79 Å². The maximum Gasteiger partial charge on any atom is 0.200 e. The topological polar surface area (TPSA) is 91.1 Å². The number of aromatic amines is 1. The predicted octanol–water partition coefficient (Wildman–Crippen LogP) is 0.539. The summed E-state index contributed by atoms with van der Waals surface area (Å²) < 4.78 is 1.53. The van der Waals surface area contributed by atoms with Crippen LogP contribution in [-0.4, -0.2) is 37.7 Å². The Morgan fingerprint density at radius 3 is 2.90 bits per heavy atom. The Bertz CT molecular complexity index is 835. The zero-order chi connectivity index (χ0) is 14.3. The van der Waals surface area contributed by atoms with Crippen LogP contribution < -0.4 is 5.43 Å². The molecule has 0 aliphatic heterocycles. The van der Waals surface area contributed by atoms with Crippen molar-refractivity contribution in [2.75, 3.05) is 6.61 Å². The van der Waals surface area contributed by atoms with E-state index in [1.165, 1.54) is 4.68 Å². The summed E-state index contributed by atoms with van der Waals surface area (Å²) in [5.41, 5.74) is 1.83. The Hall–Kier alpha value is -2.18. The number of fused-ring (bicyclic) bond motifs is 2. The maximum absolute atomic E-state index is 12.5. The first kappa shape index (κ1) is 12.8. The molecule has 0 spiro atoms. The van der Waals surface area contributed by atoms with Gasteiger partial charge in [-0.1, -0.05) is 12.1 Å². The van der Waals surface area contributed by atoms with Crippen molar-refractivity contribution in [2.24, 2.45) is 0 Å². The lowest BCUT2D eigenvalue weighted by molar-refractivity contribution is 0.0791. The van der Waals surface area contributed by atoms with Crippen LogP contribution in [0.15, 0.2) is 29.1 Å². The number of nitrogens with zero attached hydrogens (tertiary/aromatic N) is 2. The van der Waals surface area contributed by atoms with Gasteiger partial charge >= 0.3 is 0 Å². The summed E-state index contributed by atoms with van der Waals surface area (Å²) in [7, 11) is 0. The number of hydrogen-bond acceptors (Lipinski definition) is 4. The zero-order valence-electron chi connectivity index (χ0n) is 11.0. The summed E-state index contributed by atoms with van der Waals surface area (Å²) >= 11 is 0. The largest absolute Gasteiger partial charge is 0.394 e. The average Bonchev–Trinajstić information content (AvgIpc) is 2.75. The van der Waals surface area contributed by atoms with Crippen LogP contribution in [0.25, 0.3) is 21.9 Å². The van der Waals surface area contributed by atoms with Crippen molar-refractivity contribution in [1.82, 2.24) is 14.8 Å². The van der Waals surface area contributed by atoms with Crippen molar-refractivity contribution in [3.05, 3.63) is 40.2 Å². The standard InChI is InChI=1S/C14H15N3O3/c1-8-12-13(20)10-4-2-3-5-11(10)15-14(12)17(16-8)6-9(19)7-18/h2-5,9,18-19H,6-7H2,1H3,(H,15,20)/t9-/m0/s1. The summed E-state index contributed by atoms with van der Waals surface area (Å²) in [4.78, 5) is 15.7. The predicted molar refractivity (Wildman–Crippen MR) is 75.7 cm³/mol. The van der Waals surface area contributed by atoms with Gasteiger partial charge in [0, 0.05) is 5.39 Å². The molecule has 1 aromatic carbocycles. The monoisotopic (exact) mass is 273 g/mol. The first-order valence-electron chi connectivity index (χ1n) is 6.39. The van der Waals surface area contributed by atoms with Gasteiger partial charge in [0.15, 0.2) is 0 Å². The van der Waals surface area contributed by atoms with Gasteiger partial charge in [-0.05, 0) is 19.1 Å². The van der Waals surface area contributed by atoms with Crippen molar-refractivity contribution in [3.8, 4) is 0 Å². The van der Waals surface area contributed by atoms with E-state index in [2.05, 4.69) is 10.1 Å². The molecule has 0 saturated carbocycles. The number of H-pyrrole nitrogens is 1. The zero-order valence-corrected chi connectivity index (χ0v) is 11.0. The average molecular weight is 273 g/mol. The molecule has 0 fully saturated rings. The Balaban J connectivity index is 2.32. The third-order valence-electron chi connectivity index (χ3n) is 3.37. The SMILES string of the molecule is Cc1nn(C[C@H](O)CO)c2[nH]c3ccccc3c(=O)c12. The normalized spacial score (nSPS) is 13.2.